The molecule has 0 aromatic carbocycles. The predicted octanol–water partition coefficient (Wildman–Crippen LogP) is 1.59. The van der Waals surface area contributed by atoms with Crippen LogP contribution in [0.4, 0.5) is 4.79 Å². The van der Waals surface area contributed by atoms with Crippen molar-refractivity contribution in [2.24, 2.45) is 0 Å². The maximum atomic E-state index is 11.7. The summed E-state index contributed by atoms with van der Waals surface area (Å²) in [6, 6.07) is 0.150. The van der Waals surface area contributed by atoms with Crippen molar-refractivity contribution in [3.63, 3.8) is 0 Å². The molecule has 84 valence electrons. The molecule has 2 aliphatic heterocycles. The average Bonchev–Trinajstić information content (AvgIpc) is 2.44. The number of carbonyl (C=O) groups is 1. The number of nitrogens with zero attached hydrogens (tertiary/aromatic N) is 2. The lowest BCUT2D eigenvalue weighted by Gasteiger charge is -2.46. The summed E-state index contributed by atoms with van der Waals surface area (Å²) in [7, 11) is 0. The molecule has 2 saturated heterocycles. The molecular formula is C10H17N3O2. The van der Waals surface area contributed by atoms with Crippen LogP contribution in [0.3, 0.4) is 0 Å². The predicted molar refractivity (Wildman–Crippen MR) is 55.5 cm³/mol. The summed E-state index contributed by atoms with van der Waals surface area (Å²) < 4.78 is 5.22. The van der Waals surface area contributed by atoms with E-state index in [1.807, 2.05) is 25.8 Å². The van der Waals surface area contributed by atoms with Gasteiger partial charge in [-0.15, -0.1) is 0 Å². The summed E-state index contributed by atoms with van der Waals surface area (Å²) in [6.45, 7) is 6.34. The van der Waals surface area contributed by atoms with E-state index in [0.29, 0.717) is 5.84 Å². The van der Waals surface area contributed by atoms with Gasteiger partial charge in [0.1, 0.15) is 11.4 Å². The molecule has 0 aromatic heterocycles. The zero-order chi connectivity index (χ0) is 11.2. The summed E-state index contributed by atoms with van der Waals surface area (Å²) >= 11 is 0. The molecule has 1 amide bonds. The van der Waals surface area contributed by atoms with Crippen LogP contribution in [-0.2, 0) is 4.74 Å². The number of hydrazine groups is 1. The van der Waals surface area contributed by atoms with Crippen molar-refractivity contribution < 1.29 is 9.53 Å². The van der Waals surface area contributed by atoms with Gasteiger partial charge in [-0.05, 0) is 33.6 Å². The molecule has 2 rings (SSSR count). The van der Waals surface area contributed by atoms with Crippen molar-refractivity contribution in [3.05, 3.63) is 0 Å². The highest BCUT2D eigenvalue weighted by atomic mass is 16.6. The Bertz CT molecular complexity index is 308. The van der Waals surface area contributed by atoms with Crippen LogP contribution in [0.15, 0.2) is 0 Å². The molecule has 5 nitrogen and oxygen atoms in total. The van der Waals surface area contributed by atoms with E-state index in [0.717, 1.165) is 19.4 Å². The van der Waals surface area contributed by atoms with Crippen LogP contribution >= 0.6 is 0 Å². The SMILES string of the molecule is CC(C)(C)OC(=O)N1C(=N)[C@@H]2CCCN21. The summed E-state index contributed by atoms with van der Waals surface area (Å²) in [5, 5.41) is 11.0. The Morgan fingerprint density at radius 2 is 2.20 bits per heavy atom. The van der Waals surface area contributed by atoms with Gasteiger partial charge in [0.25, 0.3) is 0 Å². The molecule has 1 atom stereocenters. The summed E-state index contributed by atoms with van der Waals surface area (Å²) in [4.78, 5) is 11.7. The van der Waals surface area contributed by atoms with E-state index in [1.54, 1.807) is 0 Å². The molecule has 0 bridgehead atoms. The summed E-state index contributed by atoms with van der Waals surface area (Å²) in [5.41, 5.74) is -0.498. The fraction of sp³-hybridized carbons (Fsp3) is 0.800. The zero-order valence-electron chi connectivity index (χ0n) is 9.41. The Morgan fingerprint density at radius 3 is 2.80 bits per heavy atom. The lowest BCUT2D eigenvalue weighted by atomic mass is 10.1. The van der Waals surface area contributed by atoms with Crippen molar-refractivity contribution >= 4 is 11.9 Å². The first kappa shape index (κ1) is 10.4. The van der Waals surface area contributed by atoms with E-state index in [9.17, 15) is 4.79 Å². The number of amides is 1. The van der Waals surface area contributed by atoms with Crippen molar-refractivity contribution in [1.82, 2.24) is 10.0 Å². The fourth-order valence-corrected chi connectivity index (χ4v) is 2.00. The maximum absolute atomic E-state index is 11.7. The summed E-state index contributed by atoms with van der Waals surface area (Å²) in [6.07, 6.45) is 1.61. The Kier molecular flexibility index (Phi) is 2.22. The number of rotatable bonds is 0. The van der Waals surface area contributed by atoms with Crippen LogP contribution in [0.25, 0.3) is 0 Å². The minimum atomic E-state index is -0.498. The van der Waals surface area contributed by atoms with Crippen LogP contribution in [0.1, 0.15) is 33.6 Å². The molecule has 2 fully saturated rings. The second-order valence-electron chi connectivity index (χ2n) is 5.00. The molecule has 15 heavy (non-hydrogen) atoms. The third-order valence-electron chi connectivity index (χ3n) is 2.59. The standard InChI is InChI=1S/C10H17N3O2/c1-10(2,3)15-9(14)13-8(11)7-5-4-6-12(7)13/h7,11H,4-6H2,1-3H3/t7-/m0/s1. The first-order valence-electron chi connectivity index (χ1n) is 5.28. The van der Waals surface area contributed by atoms with Gasteiger partial charge >= 0.3 is 6.09 Å². The smallest absolute Gasteiger partial charge is 0.430 e. The molecular weight excluding hydrogens is 194 g/mol. The number of carbonyl (C=O) groups excluding carboxylic acids is 1. The van der Waals surface area contributed by atoms with Crippen LogP contribution in [0.5, 0.6) is 0 Å². The van der Waals surface area contributed by atoms with Gasteiger partial charge in [-0.25, -0.2) is 4.79 Å². The Labute approximate surface area is 89.5 Å². The second-order valence-corrected chi connectivity index (χ2v) is 5.00. The molecule has 0 unspecified atom stereocenters. The first-order chi connectivity index (χ1) is 6.90. The van der Waals surface area contributed by atoms with E-state index in [4.69, 9.17) is 10.1 Å². The molecule has 0 spiro atoms. The van der Waals surface area contributed by atoms with Crippen molar-refractivity contribution in [1.29, 1.82) is 5.41 Å². The van der Waals surface area contributed by atoms with Gasteiger partial charge in [-0.1, -0.05) is 0 Å². The van der Waals surface area contributed by atoms with E-state index < -0.39 is 11.7 Å². The third-order valence-corrected chi connectivity index (χ3v) is 2.59. The Balaban J connectivity index is 2.00. The van der Waals surface area contributed by atoms with Gasteiger partial charge in [0.05, 0.1) is 6.04 Å². The van der Waals surface area contributed by atoms with Crippen molar-refractivity contribution in [2.45, 2.75) is 45.3 Å². The molecule has 0 radical (unpaired) electrons. The average molecular weight is 211 g/mol. The van der Waals surface area contributed by atoms with Crippen LogP contribution in [0, 0.1) is 5.41 Å². The highest BCUT2D eigenvalue weighted by Gasteiger charge is 2.49. The fourth-order valence-electron chi connectivity index (χ4n) is 2.00. The Morgan fingerprint density at radius 1 is 1.53 bits per heavy atom. The van der Waals surface area contributed by atoms with E-state index >= 15 is 0 Å². The lowest BCUT2D eigenvalue weighted by Crippen LogP contribution is -2.67. The van der Waals surface area contributed by atoms with Crippen LogP contribution in [-0.4, -0.2) is 40.1 Å². The van der Waals surface area contributed by atoms with Gasteiger partial charge in [-0.3, -0.25) is 5.41 Å². The monoisotopic (exact) mass is 211 g/mol. The van der Waals surface area contributed by atoms with Gasteiger partial charge in [0.15, 0.2) is 0 Å². The quantitative estimate of drug-likeness (QED) is 0.662. The number of amidine groups is 1. The minimum absolute atomic E-state index is 0.150. The normalized spacial score (nSPS) is 26.2. The minimum Gasteiger partial charge on any atom is -0.442 e. The number of hydrogen-bond donors (Lipinski definition) is 1. The van der Waals surface area contributed by atoms with Gasteiger partial charge in [0.2, 0.25) is 0 Å². The van der Waals surface area contributed by atoms with Crippen LogP contribution < -0.4 is 0 Å². The molecule has 0 saturated carbocycles. The van der Waals surface area contributed by atoms with Crippen molar-refractivity contribution in [3.8, 4) is 0 Å². The highest BCUT2D eigenvalue weighted by molar-refractivity contribution is 6.00. The largest absolute Gasteiger partial charge is 0.442 e. The van der Waals surface area contributed by atoms with Gasteiger partial charge in [-0.2, -0.15) is 10.0 Å². The molecule has 2 aliphatic rings. The summed E-state index contributed by atoms with van der Waals surface area (Å²) in [5.74, 6) is 0.377. The van der Waals surface area contributed by atoms with Crippen molar-refractivity contribution in [2.75, 3.05) is 6.54 Å². The number of fused-ring (bicyclic) bond motifs is 1. The maximum Gasteiger partial charge on any atom is 0.430 e. The van der Waals surface area contributed by atoms with Gasteiger partial charge < -0.3 is 4.74 Å². The van der Waals surface area contributed by atoms with E-state index in [2.05, 4.69) is 0 Å². The van der Waals surface area contributed by atoms with Gasteiger partial charge in [0, 0.05) is 6.54 Å². The number of hydrogen-bond acceptors (Lipinski definition) is 4. The van der Waals surface area contributed by atoms with Crippen LogP contribution in [0.2, 0.25) is 0 Å². The topological polar surface area (TPSA) is 56.6 Å². The molecule has 0 aromatic rings. The molecule has 2 heterocycles. The molecule has 5 heteroatoms. The number of ether oxygens (including phenoxy) is 1. The molecule has 0 aliphatic carbocycles. The molecule has 1 N–H and O–H groups in total. The van der Waals surface area contributed by atoms with E-state index in [1.165, 1.54) is 5.01 Å². The number of nitrogens with one attached hydrogen (secondary N) is 1. The first-order valence-corrected chi connectivity index (χ1v) is 5.28. The second kappa shape index (κ2) is 3.20. The lowest BCUT2D eigenvalue weighted by molar-refractivity contribution is -0.0445. The Hall–Kier alpha value is -1.10. The third kappa shape index (κ3) is 1.71. The zero-order valence-corrected chi connectivity index (χ0v) is 9.41. The highest BCUT2D eigenvalue weighted by Crippen LogP contribution is 2.31. The van der Waals surface area contributed by atoms with E-state index in [-0.39, 0.29) is 6.04 Å².